The zero-order chi connectivity index (χ0) is 13.2. The first-order valence-corrected chi connectivity index (χ1v) is 7.19. The Bertz CT molecular complexity index is 295. The Labute approximate surface area is 110 Å². The molecule has 0 saturated heterocycles. The summed E-state index contributed by atoms with van der Waals surface area (Å²) >= 11 is 0. The molecule has 3 nitrogen and oxygen atoms in total. The van der Waals surface area contributed by atoms with Gasteiger partial charge in [-0.1, -0.05) is 13.8 Å². The van der Waals surface area contributed by atoms with Gasteiger partial charge in [0.25, 0.3) is 0 Å². The van der Waals surface area contributed by atoms with Crippen LogP contribution in [0.25, 0.3) is 0 Å². The van der Waals surface area contributed by atoms with Crippen molar-refractivity contribution >= 4 is 5.97 Å². The number of hydrogen-bond donors (Lipinski definition) is 0. The zero-order valence-electron chi connectivity index (χ0n) is 12.0. The zero-order valence-corrected chi connectivity index (χ0v) is 12.0. The molecule has 0 unspecified atom stereocenters. The number of ether oxygens (including phenoxy) is 2. The molecular weight excluding hydrogens is 228 g/mol. The second kappa shape index (κ2) is 5.20. The lowest BCUT2D eigenvalue weighted by molar-refractivity contribution is -0.175. The van der Waals surface area contributed by atoms with Crippen LogP contribution >= 0.6 is 0 Å². The maximum Gasteiger partial charge on any atom is 0.308 e. The van der Waals surface area contributed by atoms with Gasteiger partial charge >= 0.3 is 5.97 Å². The number of carbonyl (C=O) groups excluding carboxylic acids is 1. The van der Waals surface area contributed by atoms with E-state index >= 15 is 0 Å². The van der Waals surface area contributed by atoms with Crippen molar-refractivity contribution in [3.05, 3.63) is 0 Å². The van der Waals surface area contributed by atoms with E-state index in [4.69, 9.17) is 9.47 Å². The van der Waals surface area contributed by atoms with Crippen molar-refractivity contribution in [3.8, 4) is 0 Å². The van der Waals surface area contributed by atoms with Gasteiger partial charge in [-0.3, -0.25) is 4.79 Å². The number of hydrogen-bond acceptors (Lipinski definition) is 3. The van der Waals surface area contributed by atoms with Crippen LogP contribution in [0.1, 0.15) is 65.2 Å². The standard InChI is InChI=1S/C15H26O3/c1-14(2)9-5-12(6-10-14)18-15(7-4-8-15)11-13(16)17-3/h12H,4-11H2,1-3H3. The summed E-state index contributed by atoms with van der Waals surface area (Å²) in [5, 5.41) is 0. The van der Waals surface area contributed by atoms with Gasteiger partial charge in [0, 0.05) is 0 Å². The molecule has 0 atom stereocenters. The average Bonchev–Trinajstić information content (AvgIpc) is 2.28. The van der Waals surface area contributed by atoms with Gasteiger partial charge in [-0.25, -0.2) is 0 Å². The maximum absolute atomic E-state index is 11.5. The van der Waals surface area contributed by atoms with Crippen LogP contribution in [0.4, 0.5) is 0 Å². The van der Waals surface area contributed by atoms with Crippen LogP contribution < -0.4 is 0 Å². The Hall–Kier alpha value is -0.570. The van der Waals surface area contributed by atoms with Crippen molar-refractivity contribution in [1.29, 1.82) is 0 Å². The van der Waals surface area contributed by atoms with Crippen LogP contribution in [0, 0.1) is 5.41 Å². The molecule has 0 aromatic heterocycles. The Morgan fingerprint density at radius 2 is 1.78 bits per heavy atom. The van der Waals surface area contributed by atoms with Crippen molar-refractivity contribution in [2.24, 2.45) is 5.41 Å². The highest BCUT2D eigenvalue weighted by atomic mass is 16.5. The fourth-order valence-corrected chi connectivity index (χ4v) is 3.09. The Kier molecular flexibility index (Phi) is 4.00. The molecule has 0 heterocycles. The van der Waals surface area contributed by atoms with Crippen molar-refractivity contribution in [3.63, 3.8) is 0 Å². The van der Waals surface area contributed by atoms with Gasteiger partial charge in [0.15, 0.2) is 0 Å². The second-order valence-electron chi connectivity index (χ2n) is 6.77. The summed E-state index contributed by atoms with van der Waals surface area (Å²) in [6.07, 6.45) is 8.72. The first-order chi connectivity index (χ1) is 8.45. The molecule has 2 fully saturated rings. The van der Waals surface area contributed by atoms with E-state index < -0.39 is 0 Å². The Morgan fingerprint density at radius 1 is 1.17 bits per heavy atom. The van der Waals surface area contributed by atoms with Crippen LogP contribution in [0.3, 0.4) is 0 Å². The molecule has 2 saturated carbocycles. The third kappa shape index (κ3) is 3.25. The van der Waals surface area contributed by atoms with Crippen LogP contribution in [0.5, 0.6) is 0 Å². The molecule has 0 aromatic rings. The third-order valence-electron chi connectivity index (χ3n) is 4.66. The molecule has 0 amide bonds. The largest absolute Gasteiger partial charge is 0.469 e. The van der Waals surface area contributed by atoms with E-state index in [2.05, 4.69) is 13.8 Å². The molecule has 3 heteroatoms. The summed E-state index contributed by atoms with van der Waals surface area (Å²) in [6, 6.07) is 0. The number of rotatable bonds is 4. The first-order valence-electron chi connectivity index (χ1n) is 7.19. The highest BCUT2D eigenvalue weighted by molar-refractivity contribution is 5.70. The molecule has 2 aliphatic carbocycles. The Morgan fingerprint density at radius 3 is 2.22 bits per heavy atom. The highest BCUT2D eigenvalue weighted by Crippen LogP contribution is 2.44. The summed E-state index contributed by atoms with van der Waals surface area (Å²) in [7, 11) is 1.46. The molecular formula is C15H26O3. The molecule has 0 aliphatic heterocycles. The van der Waals surface area contributed by atoms with E-state index in [1.165, 1.54) is 26.4 Å². The minimum absolute atomic E-state index is 0.133. The molecule has 18 heavy (non-hydrogen) atoms. The lowest BCUT2D eigenvalue weighted by Gasteiger charge is -2.45. The van der Waals surface area contributed by atoms with Crippen molar-refractivity contribution in [1.82, 2.24) is 0 Å². The predicted octanol–water partition coefficient (Wildman–Crippen LogP) is 3.46. The van der Waals surface area contributed by atoms with Crippen LogP contribution in [-0.2, 0) is 14.3 Å². The minimum Gasteiger partial charge on any atom is -0.469 e. The van der Waals surface area contributed by atoms with Gasteiger partial charge in [0.2, 0.25) is 0 Å². The van der Waals surface area contributed by atoms with E-state index in [0.29, 0.717) is 17.9 Å². The van der Waals surface area contributed by atoms with Crippen LogP contribution in [0.15, 0.2) is 0 Å². The molecule has 0 bridgehead atoms. The van der Waals surface area contributed by atoms with Gasteiger partial charge < -0.3 is 9.47 Å². The third-order valence-corrected chi connectivity index (χ3v) is 4.66. The molecule has 0 radical (unpaired) electrons. The van der Waals surface area contributed by atoms with Gasteiger partial charge in [0.05, 0.1) is 25.2 Å². The van der Waals surface area contributed by atoms with Gasteiger partial charge in [-0.05, 0) is 50.4 Å². The fourth-order valence-electron chi connectivity index (χ4n) is 3.09. The highest BCUT2D eigenvalue weighted by Gasteiger charge is 2.43. The van der Waals surface area contributed by atoms with Gasteiger partial charge in [0.1, 0.15) is 0 Å². The molecule has 104 valence electrons. The monoisotopic (exact) mass is 254 g/mol. The molecule has 2 aliphatic rings. The summed E-state index contributed by atoms with van der Waals surface area (Å²) in [5.41, 5.74) is 0.272. The lowest BCUT2D eigenvalue weighted by Crippen LogP contribution is -2.46. The van der Waals surface area contributed by atoms with E-state index in [1.54, 1.807) is 0 Å². The van der Waals surface area contributed by atoms with Gasteiger partial charge in [-0.15, -0.1) is 0 Å². The normalized spacial score (nSPS) is 26.4. The summed E-state index contributed by atoms with van der Waals surface area (Å²) < 4.78 is 11.1. The number of esters is 1. The van der Waals surface area contributed by atoms with E-state index in [1.807, 2.05) is 0 Å². The maximum atomic E-state index is 11.5. The predicted molar refractivity (Wildman–Crippen MR) is 70.3 cm³/mol. The average molecular weight is 254 g/mol. The van der Waals surface area contributed by atoms with E-state index in [0.717, 1.165) is 25.7 Å². The number of carbonyl (C=O) groups is 1. The SMILES string of the molecule is COC(=O)CC1(OC2CCC(C)(C)CC2)CCC1. The summed E-state index contributed by atoms with van der Waals surface area (Å²) in [6.45, 7) is 4.66. The topological polar surface area (TPSA) is 35.5 Å². The van der Waals surface area contributed by atoms with Gasteiger partial charge in [-0.2, -0.15) is 0 Å². The summed E-state index contributed by atoms with van der Waals surface area (Å²) in [4.78, 5) is 11.5. The van der Waals surface area contributed by atoms with Crippen molar-refractivity contribution in [2.45, 2.75) is 76.9 Å². The first kappa shape index (κ1) is 13.9. The van der Waals surface area contributed by atoms with Crippen molar-refractivity contribution in [2.75, 3.05) is 7.11 Å². The Balaban J connectivity index is 1.85. The molecule has 0 N–H and O–H groups in total. The van der Waals surface area contributed by atoms with Crippen molar-refractivity contribution < 1.29 is 14.3 Å². The minimum atomic E-state index is -0.195. The van der Waals surface area contributed by atoms with E-state index in [-0.39, 0.29) is 11.6 Å². The molecule has 2 rings (SSSR count). The fraction of sp³-hybridized carbons (Fsp3) is 0.933. The quantitative estimate of drug-likeness (QED) is 0.721. The molecule has 0 spiro atoms. The summed E-state index contributed by atoms with van der Waals surface area (Å²) in [5.74, 6) is -0.133. The van der Waals surface area contributed by atoms with Crippen LogP contribution in [0.2, 0.25) is 0 Å². The van der Waals surface area contributed by atoms with E-state index in [9.17, 15) is 4.79 Å². The second-order valence-corrected chi connectivity index (χ2v) is 6.77. The number of methoxy groups -OCH3 is 1. The lowest BCUT2D eigenvalue weighted by atomic mass is 9.74. The van der Waals surface area contributed by atoms with Crippen LogP contribution in [-0.4, -0.2) is 24.8 Å². The smallest absolute Gasteiger partial charge is 0.308 e. The molecule has 0 aromatic carbocycles.